The van der Waals surface area contributed by atoms with Crippen molar-refractivity contribution < 1.29 is 14.7 Å². The summed E-state index contributed by atoms with van der Waals surface area (Å²) in [4.78, 5) is 24.3. The SMILES string of the molecule is O=C(CCSc1ccccc1Cl)NC1(C(=O)O)CCCC1. The van der Waals surface area contributed by atoms with Crippen LogP contribution in [-0.4, -0.2) is 28.3 Å². The lowest BCUT2D eigenvalue weighted by molar-refractivity contribution is -0.147. The average molecular weight is 328 g/mol. The van der Waals surface area contributed by atoms with Gasteiger partial charge in [-0.1, -0.05) is 36.6 Å². The molecule has 0 unspecified atom stereocenters. The van der Waals surface area contributed by atoms with Gasteiger partial charge in [0.05, 0.1) is 5.02 Å². The van der Waals surface area contributed by atoms with Crippen molar-refractivity contribution >= 4 is 35.2 Å². The number of carboxylic acid groups (broad SMARTS) is 1. The van der Waals surface area contributed by atoms with E-state index in [2.05, 4.69) is 5.32 Å². The van der Waals surface area contributed by atoms with Gasteiger partial charge in [-0.25, -0.2) is 4.79 Å². The fraction of sp³-hybridized carbons (Fsp3) is 0.467. The lowest BCUT2D eigenvalue weighted by Crippen LogP contribution is -2.52. The van der Waals surface area contributed by atoms with E-state index in [1.165, 1.54) is 11.8 Å². The van der Waals surface area contributed by atoms with Crippen LogP contribution >= 0.6 is 23.4 Å². The summed E-state index contributed by atoms with van der Waals surface area (Å²) >= 11 is 7.54. The summed E-state index contributed by atoms with van der Waals surface area (Å²) in [6.45, 7) is 0. The van der Waals surface area contributed by atoms with Crippen molar-refractivity contribution in [3.05, 3.63) is 29.3 Å². The smallest absolute Gasteiger partial charge is 0.329 e. The summed E-state index contributed by atoms with van der Waals surface area (Å²) in [6.07, 6.45) is 3.02. The summed E-state index contributed by atoms with van der Waals surface area (Å²) < 4.78 is 0. The number of amides is 1. The van der Waals surface area contributed by atoms with Gasteiger partial charge in [0.25, 0.3) is 0 Å². The highest BCUT2D eigenvalue weighted by molar-refractivity contribution is 7.99. The van der Waals surface area contributed by atoms with Crippen molar-refractivity contribution in [1.82, 2.24) is 5.32 Å². The first-order valence-electron chi connectivity index (χ1n) is 6.95. The Balaban J connectivity index is 1.82. The van der Waals surface area contributed by atoms with E-state index in [1.54, 1.807) is 0 Å². The molecule has 2 rings (SSSR count). The molecule has 1 fully saturated rings. The number of hydrogen-bond donors (Lipinski definition) is 2. The number of benzene rings is 1. The number of halogens is 1. The second kappa shape index (κ2) is 7.18. The zero-order chi connectivity index (χ0) is 15.3. The van der Waals surface area contributed by atoms with Crippen molar-refractivity contribution in [3.8, 4) is 0 Å². The highest BCUT2D eigenvalue weighted by atomic mass is 35.5. The van der Waals surface area contributed by atoms with Gasteiger partial charge < -0.3 is 10.4 Å². The van der Waals surface area contributed by atoms with Crippen molar-refractivity contribution in [2.75, 3.05) is 5.75 Å². The summed E-state index contributed by atoms with van der Waals surface area (Å²) in [5.41, 5.74) is -1.05. The van der Waals surface area contributed by atoms with Gasteiger partial charge in [-0.15, -0.1) is 11.8 Å². The molecule has 114 valence electrons. The monoisotopic (exact) mass is 327 g/mol. The Morgan fingerprint density at radius 2 is 1.95 bits per heavy atom. The molecule has 1 amide bonds. The van der Waals surface area contributed by atoms with Crippen LogP contribution in [0.15, 0.2) is 29.2 Å². The van der Waals surface area contributed by atoms with Crippen molar-refractivity contribution in [1.29, 1.82) is 0 Å². The molecular formula is C15H18ClNO3S. The summed E-state index contributed by atoms with van der Waals surface area (Å²) in [7, 11) is 0. The maximum absolute atomic E-state index is 12.0. The molecule has 2 N–H and O–H groups in total. The minimum absolute atomic E-state index is 0.209. The van der Waals surface area contributed by atoms with Crippen molar-refractivity contribution in [2.24, 2.45) is 0 Å². The molecule has 0 aliphatic heterocycles. The Hall–Kier alpha value is -1.20. The number of rotatable bonds is 6. The molecule has 0 bridgehead atoms. The van der Waals surface area contributed by atoms with Gasteiger partial charge in [0, 0.05) is 17.1 Å². The minimum Gasteiger partial charge on any atom is -0.480 e. The molecule has 0 radical (unpaired) electrons. The van der Waals surface area contributed by atoms with E-state index in [4.69, 9.17) is 11.6 Å². The molecule has 1 aliphatic rings. The molecule has 0 saturated heterocycles. The first-order valence-corrected chi connectivity index (χ1v) is 8.32. The fourth-order valence-electron chi connectivity index (χ4n) is 2.52. The minimum atomic E-state index is -1.05. The molecule has 21 heavy (non-hydrogen) atoms. The molecular weight excluding hydrogens is 310 g/mol. The molecule has 0 spiro atoms. The maximum Gasteiger partial charge on any atom is 0.329 e. The van der Waals surface area contributed by atoms with Crippen molar-refractivity contribution in [3.63, 3.8) is 0 Å². The molecule has 0 heterocycles. The molecule has 4 nitrogen and oxygen atoms in total. The molecule has 0 atom stereocenters. The Bertz CT molecular complexity index is 529. The first-order chi connectivity index (χ1) is 10.0. The van der Waals surface area contributed by atoms with Crippen LogP contribution in [0.2, 0.25) is 5.02 Å². The van der Waals surface area contributed by atoms with E-state index < -0.39 is 11.5 Å². The zero-order valence-corrected chi connectivity index (χ0v) is 13.2. The molecule has 0 aromatic heterocycles. The van der Waals surface area contributed by atoms with E-state index in [0.29, 0.717) is 23.6 Å². The van der Waals surface area contributed by atoms with Crippen LogP contribution in [0.4, 0.5) is 0 Å². The third-order valence-electron chi connectivity index (χ3n) is 3.67. The van der Waals surface area contributed by atoms with E-state index in [1.807, 2.05) is 24.3 Å². The average Bonchev–Trinajstić information content (AvgIpc) is 2.91. The highest BCUT2D eigenvalue weighted by Crippen LogP contribution is 2.30. The van der Waals surface area contributed by atoms with Gasteiger partial charge in [-0.05, 0) is 25.0 Å². The third-order valence-corrected chi connectivity index (χ3v) is 5.19. The van der Waals surface area contributed by atoms with Crippen LogP contribution in [0.5, 0.6) is 0 Å². The normalized spacial score (nSPS) is 16.6. The fourth-order valence-corrected chi connectivity index (χ4v) is 3.70. The number of carboxylic acids is 1. The Labute approximate surface area is 133 Å². The second-order valence-corrected chi connectivity index (χ2v) is 6.72. The third kappa shape index (κ3) is 4.14. The number of nitrogens with one attached hydrogen (secondary N) is 1. The van der Waals surface area contributed by atoms with Crippen molar-refractivity contribution in [2.45, 2.75) is 42.5 Å². The van der Waals surface area contributed by atoms with E-state index >= 15 is 0 Å². The van der Waals surface area contributed by atoms with Gasteiger partial charge in [-0.3, -0.25) is 4.79 Å². The standard InChI is InChI=1S/C15H18ClNO3S/c16-11-5-1-2-6-12(11)21-10-7-13(18)17-15(14(19)20)8-3-4-9-15/h1-2,5-6H,3-4,7-10H2,(H,17,18)(H,19,20). The summed E-state index contributed by atoms with van der Waals surface area (Å²) in [5.74, 6) is -0.559. The van der Waals surface area contributed by atoms with E-state index in [0.717, 1.165) is 17.7 Å². The topological polar surface area (TPSA) is 66.4 Å². The van der Waals surface area contributed by atoms with Crippen LogP contribution in [-0.2, 0) is 9.59 Å². The van der Waals surface area contributed by atoms with Crippen LogP contribution in [0.3, 0.4) is 0 Å². The Morgan fingerprint density at radius 1 is 1.29 bits per heavy atom. The molecule has 1 saturated carbocycles. The van der Waals surface area contributed by atoms with Crippen LogP contribution < -0.4 is 5.32 Å². The summed E-state index contributed by atoms with van der Waals surface area (Å²) in [6, 6.07) is 7.46. The van der Waals surface area contributed by atoms with Gasteiger partial charge >= 0.3 is 5.97 Å². The number of thioether (sulfide) groups is 1. The number of carbonyl (C=O) groups excluding carboxylic acids is 1. The van der Waals surface area contributed by atoms with Gasteiger partial charge in [-0.2, -0.15) is 0 Å². The first kappa shape index (κ1) is 16.2. The predicted molar refractivity (Wildman–Crippen MR) is 83.8 cm³/mol. The van der Waals surface area contributed by atoms with Gasteiger partial charge in [0.15, 0.2) is 0 Å². The molecule has 1 aromatic rings. The number of aliphatic carboxylic acids is 1. The van der Waals surface area contributed by atoms with E-state index in [9.17, 15) is 14.7 Å². The van der Waals surface area contributed by atoms with Gasteiger partial charge in [0.2, 0.25) is 5.91 Å². The number of carbonyl (C=O) groups is 2. The van der Waals surface area contributed by atoms with Crippen LogP contribution in [0, 0.1) is 0 Å². The van der Waals surface area contributed by atoms with Crippen LogP contribution in [0.25, 0.3) is 0 Å². The summed E-state index contributed by atoms with van der Waals surface area (Å²) in [5, 5.41) is 12.7. The quantitative estimate of drug-likeness (QED) is 0.786. The van der Waals surface area contributed by atoms with Crippen LogP contribution in [0.1, 0.15) is 32.1 Å². The zero-order valence-electron chi connectivity index (χ0n) is 11.6. The largest absolute Gasteiger partial charge is 0.480 e. The highest BCUT2D eigenvalue weighted by Gasteiger charge is 2.42. The second-order valence-electron chi connectivity index (χ2n) is 5.17. The lowest BCUT2D eigenvalue weighted by atomic mass is 9.98. The molecule has 6 heteroatoms. The molecule has 1 aliphatic carbocycles. The van der Waals surface area contributed by atoms with Gasteiger partial charge in [0.1, 0.15) is 5.54 Å². The van der Waals surface area contributed by atoms with E-state index in [-0.39, 0.29) is 12.3 Å². The number of hydrogen-bond acceptors (Lipinski definition) is 3. The Morgan fingerprint density at radius 3 is 2.57 bits per heavy atom. The maximum atomic E-state index is 12.0. The Kier molecular flexibility index (Phi) is 5.53. The molecule has 1 aromatic carbocycles. The predicted octanol–water partition coefficient (Wildman–Crippen LogP) is 3.34. The lowest BCUT2D eigenvalue weighted by Gasteiger charge is -2.25.